The van der Waals surface area contributed by atoms with E-state index in [9.17, 15) is 8.42 Å². The van der Waals surface area contributed by atoms with E-state index < -0.39 is 10.0 Å². The molecule has 4 nitrogen and oxygen atoms in total. The Morgan fingerprint density at radius 3 is 2.40 bits per heavy atom. The molecule has 0 aliphatic rings. The fourth-order valence-corrected chi connectivity index (χ4v) is 3.35. The third-order valence-corrected chi connectivity index (χ3v) is 5.68. The molecule has 108 valence electrons. The molecule has 0 spiro atoms. The van der Waals surface area contributed by atoms with Gasteiger partial charge < -0.3 is 5.32 Å². The summed E-state index contributed by atoms with van der Waals surface area (Å²) < 4.78 is 25.1. The first-order valence-corrected chi connectivity index (χ1v) is 8.61. The van der Waals surface area contributed by atoms with Gasteiger partial charge in [-0.05, 0) is 42.1 Å². The van der Waals surface area contributed by atoms with E-state index >= 15 is 0 Å². The van der Waals surface area contributed by atoms with Crippen molar-refractivity contribution >= 4 is 27.0 Å². The number of nitrogens with zero attached hydrogens (tertiary/aromatic N) is 1. The maximum atomic E-state index is 11.9. The lowest BCUT2D eigenvalue weighted by molar-refractivity contribution is 0.521. The Hall–Kier alpha value is -1.37. The Morgan fingerprint density at radius 2 is 1.85 bits per heavy atom. The third kappa shape index (κ3) is 3.59. The first-order chi connectivity index (χ1) is 9.50. The van der Waals surface area contributed by atoms with Crippen LogP contribution in [0.1, 0.15) is 4.88 Å². The maximum Gasteiger partial charge on any atom is 0.242 e. The lowest BCUT2D eigenvalue weighted by atomic mass is 10.3. The summed E-state index contributed by atoms with van der Waals surface area (Å²) in [7, 11) is -0.282. The Morgan fingerprint density at radius 1 is 1.15 bits per heavy atom. The monoisotopic (exact) mass is 310 g/mol. The second kappa shape index (κ2) is 6.39. The van der Waals surface area contributed by atoms with Gasteiger partial charge in [-0.25, -0.2) is 12.7 Å². The Kier molecular flexibility index (Phi) is 4.80. The molecule has 0 aliphatic heterocycles. The number of thiophene rings is 1. The Bertz CT molecular complexity index is 632. The minimum absolute atomic E-state index is 0.311. The van der Waals surface area contributed by atoms with E-state index in [1.165, 1.54) is 23.3 Å². The summed E-state index contributed by atoms with van der Waals surface area (Å²) in [6.07, 6.45) is 0.968. The molecular weight excluding hydrogens is 292 g/mol. The number of benzene rings is 1. The predicted molar refractivity (Wildman–Crippen MR) is 83.8 cm³/mol. The Labute approximate surface area is 124 Å². The molecule has 0 bridgehead atoms. The molecule has 0 unspecified atom stereocenters. The normalized spacial score (nSPS) is 11.8. The first kappa shape index (κ1) is 15.0. The second-order valence-corrected chi connectivity index (χ2v) is 7.75. The van der Waals surface area contributed by atoms with Gasteiger partial charge in [-0.2, -0.15) is 0 Å². The van der Waals surface area contributed by atoms with Gasteiger partial charge in [-0.1, -0.05) is 6.07 Å². The van der Waals surface area contributed by atoms with Crippen LogP contribution in [0.25, 0.3) is 0 Å². The van der Waals surface area contributed by atoms with E-state index in [2.05, 4.69) is 16.8 Å². The number of sulfonamides is 1. The third-order valence-electron chi connectivity index (χ3n) is 2.91. The van der Waals surface area contributed by atoms with Gasteiger partial charge in [0.05, 0.1) is 4.90 Å². The van der Waals surface area contributed by atoms with Gasteiger partial charge in [0.25, 0.3) is 0 Å². The molecule has 1 aromatic carbocycles. The lowest BCUT2D eigenvalue weighted by Gasteiger charge is -2.12. The van der Waals surface area contributed by atoms with Gasteiger partial charge in [0, 0.05) is 31.2 Å². The van der Waals surface area contributed by atoms with Gasteiger partial charge in [0.2, 0.25) is 10.0 Å². The molecule has 0 fully saturated rings. The number of nitrogens with one attached hydrogen (secondary N) is 1. The minimum Gasteiger partial charge on any atom is -0.385 e. The Balaban J connectivity index is 1.95. The average molecular weight is 310 g/mol. The highest BCUT2D eigenvalue weighted by Crippen LogP contribution is 2.17. The standard InChI is InChI=1S/C14H18N2O2S2/c1-16(2)20(17,18)14-7-5-12(6-8-14)15-10-9-13-4-3-11-19-13/h3-8,11,15H,9-10H2,1-2H3. The molecule has 1 N–H and O–H groups in total. The summed E-state index contributed by atoms with van der Waals surface area (Å²) in [6, 6.07) is 11.0. The van der Waals surface area contributed by atoms with Crippen LogP contribution in [-0.4, -0.2) is 33.4 Å². The van der Waals surface area contributed by atoms with Crippen LogP contribution in [-0.2, 0) is 16.4 Å². The number of hydrogen-bond acceptors (Lipinski definition) is 4. The van der Waals surface area contributed by atoms with E-state index in [0.29, 0.717) is 4.90 Å². The highest BCUT2D eigenvalue weighted by Gasteiger charge is 2.16. The van der Waals surface area contributed by atoms with Crippen LogP contribution >= 0.6 is 11.3 Å². The van der Waals surface area contributed by atoms with Gasteiger partial charge in [0.1, 0.15) is 0 Å². The zero-order valence-electron chi connectivity index (χ0n) is 11.5. The maximum absolute atomic E-state index is 11.9. The lowest BCUT2D eigenvalue weighted by Crippen LogP contribution is -2.22. The fraction of sp³-hybridized carbons (Fsp3) is 0.286. The molecular formula is C14H18N2O2S2. The molecule has 0 aliphatic carbocycles. The van der Waals surface area contributed by atoms with Crippen molar-refractivity contribution in [1.82, 2.24) is 4.31 Å². The van der Waals surface area contributed by atoms with Crippen LogP contribution < -0.4 is 5.32 Å². The SMILES string of the molecule is CN(C)S(=O)(=O)c1ccc(NCCc2cccs2)cc1. The zero-order valence-corrected chi connectivity index (χ0v) is 13.2. The van der Waals surface area contributed by atoms with Crippen molar-refractivity contribution in [3.63, 3.8) is 0 Å². The van der Waals surface area contributed by atoms with Crippen molar-refractivity contribution in [3.8, 4) is 0 Å². The smallest absolute Gasteiger partial charge is 0.242 e. The van der Waals surface area contributed by atoms with Gasteiger partial charge in [-0.15, -0.1) is 11.3 Å². The molecule has 0 radical (unpaired) electrons. The van der Waals surface area contributed by atoms with E-state index in [4.69, 9.17) is 0 Å². The molecule has 1 aromatic heterocycles. The van der Waals surface area contributed by atoms with Gasteiger partial charge in [0.15, 0.2) is 0 Å². The molecule has 0 saturated carbocycles. The molecule has 2 aromatic rings. The zero-order chi connectivity index (χ0) is 14.6. The van der Waals surface area contributed by atoms with Crippen molar-refractivity contribution < 1.29 is 8.42 Å². The molecule has 6 heteroatoms. The molecule has 2 rings (SSSR count). The number of hydrogen-bond donors (Lipinski definition) is 1. The van der Waals surface area contributed by atoms with E-state index in [1.54, 1.807) is 35.6 Å². The minimum atomic E-state index is -3.34. The number of anilines is 1. The van der Waals surface area contributed by atoms with Crippen molar-refractivity contribution in [1.29, 1.82) is 0 Å². The van der Waals surface area contributed by atoms with Crippen LogP contribution in [0.4, 0.5) is 5.69 Å². The highest BCUT2D eigenvalue weighted by molar-refractivity contribution is 7.89. The topological polar surface area (TPSA) is 49.4 Å². The molecule has 1 heterocycles. The van der Waals surface area contributed by atoms with E-state index in [1.807, 2.05) is 6.07 Å². The van der Waals surface area contributed by atoms with Gasteiger partial charge in [-0.3, -0.25) is 0 Å². The summed E-state index contributed by atoms with van der Waals surface area (Å²) in [5.74, 6) is 0. The van der Waals surface area contributed by atoms with Crippen LogP contribution in [0.5, 0.6) is 0 Å². The summed E-state index contributed by atoms with van der Waals surface area (Å²) >= 11 is 1.74. The van der Waals surface area contributed by atoms with Crippen molar-refractivity contribution in [2.24, 2.45) is 0 Å². The molecule has 0 atom stereocenters. The van der Waals surface area contributed by atoms with Crippen LogP contribution in [0.2, 0.25) is 0 Å². The summed E-state index contributed by atoms with van der Waals surface area (Å²) in [6.45, 7) is 0.834. The van der Waals surface area contributed by atoms with E-state index in [0.717, 1.165) is 18.7 Å². The average Bonchev–Trinajstić information content (AvgIpc) is 2.92. The largest absolute Gasteiger partial charge is 0.385 e. The first-order valence-electron chi connectivity index (χ1n) is 6.29. The molecule has 20 heavy (non-hydrogen) atoms. The molecule has 0 amide bonds. The fourth-order valence-electron chi connectivity index (χ4n) is 1.74. The van der Waals surface area contributed by atoms with Crippen LogP contribution in [0.15, 0.2) is 46.7 Å². The number of rotatable bonds is 6. The second-order valence-electron chi connectivity index (χ2n) is 4.57. The summed E-state index contributed by atoms with van der Waals surface area (Å²) in [5.41, 5.74) is 0.930. The highest BCUT2D eigenvalue weighted by atomic mass is 32.2. The predicted octanol–water partition coefficient (Wildman–Crippen LogP) is 2.65. The van der Waals surface area contributed by atoms with Crippen molar-refractivity contribution in [2.45, 2.75) is 11.3 Å². The molecule has 0 saturated heterocycles. The van der Waals surface area contributed by atoms with Crippen LogP contribution in [0, 0.1) is 0 Å². The van der Waals surface area contributed by atoms with Gasteiger partial charge >= 0.3 is 0 Å². The van der Waals surface area contributed by atoms with Crippen molar-refractivity contribution in [3.05, 3.63) is 46.7 Å². The summed E-state index contributed by atoms with van der Waals surface area (Å²) in [4.78, 5) is 1.65. The van der Waals surface area contributed by atoms with Crippen molar-refractivity contribution in [2.75, 3.05) is 26.0 Å². The quantitative estimate of drug-likeness (QED) is 0.892. The van der Waals surface area contributed by atoms with Crippen LogP contribution in [0.3, 0.4) is 0 Å². The van der Waals surface area contributed by atoms with E-state index in [-0.39, 0.29) is 0 Å². The summed E-state index contributed by atoms with van der Waals surface area (Å²) in [5, 5.41) is 5.35.